The summed E-state index contributed by atoms with van der Waals surface area (Å²) in [5.74, 6) is -1.48. The Morgan fingerprint density at radius 2 is 1.84 bits per heavy atom. The third-order valence-electron chi connectivity index (χ3n) is 6.60. The van der Waals surface area contributed by atoms with Crippen molar-refractivity contribution in [3.63, 3.8) is 0 Å². The third kappa shape index (κ3) is 3.95. The molecule has 2 fully saturated rings. The normalized spacial score (nSPS) is 25.2. The first kappa shape index (κ1) is 23.2. The molecule has 31 heavy (non-hydrogen) atoms. The topological polar surface area (TPSA) is 113 Å². The highest BCUT2D eigenvalue weighted by Crippen LogP contribution is 2.45. The summed E-state index contributed by atoms with van der Waals surface area (Å²) in [6.45, 7) is 9.00. The second-order valence-electron chi connectivity index (χ2n) is 9.09. The highest BCUT2D eigenvalue weighted by Gasteiger charge is 2.67. The Bertz CT molecular complexity index is 987. The lowest BCUT2D eigenvalue weighted by Gasteiger charge is -2.37. The zero-order valence-electron chi connectivity index (χ0n) is 18.6. The predicted molar refractivity (Wildman–Crippen MR) is 116 cm³/mol. The van der Waals surface area contributed by atoms with Gasteiger partial charge < -0.3 is 15.5 Å². The van der Waals surface area contributed by atoms with E-state index in [1.165, 1.54) is 13.8 Å². The van der Waals surface area contributed by atoms with Gasteiger partial charge in [0, 0.05) is 6.54 Å². The molecule has 8 nitrogen and oxygen atoms in total. The molecule has 4 unspecified atom stereocenters. The van der Waals surface area contributed by atoms with Crippen LogP contribution in [0.15, 0.2) is 24.3 Å². The monoisotopic (exact) mass is 449 g/mol. The molecule has 2 aliphatic rings. The lowest BCUT2D eigenvalue weighted by molar-refractivity contribution is -0.150. The minimum absolute atomic E-state index is 0.0959. The van der Waals surface area contributed by atoms with E-state index in [0.29, 0.717) is 13.0 Å². The maximum Gasteiger partial charge on any atom is 0.245 e. The summed E-state index contributed by atoms with van der Waals surface area (Å²) in [7, 11) is -3.68. The highest BCUT2D eigenvalue weighted by molar-refractivity contribution is 7.93. The molecule has 4 atom stereocenters. The van der Waals surface area contributed by atoms with Gasteiger partial charge in [-0.15, -0.1) is 0 Å². The van der Waals surface area contributed by atoms with Gasteiger partial charge in [-0.3, -0.25) is 14.4 Å². The molecule has 170 valence electrons. The highest BCUT2D eigenvalue weighted by atomic mass is 32.2. The molecule has 1 aromatic rings. The minimum Gasteiger partial charge on any atom is -0.350 e. The number of hydrogen-bond acceptors (Lipinski definition) is 5. The number of nitrogens with one attached hydrogen (secondary N) is 2. The Morgan fingerprint density at radius 1 is 1.23 bits per heavy atom. The van der Waals surface area contributed by atoms with E-state index in [2.05, 4.69) is 10.6 Å². The number of nitrogens with zero attached hydrogens (tertiary/aromatic N) is 1. The SMILES string of the molecule is CCC(C)C(NC(=O)C1N2C(=O)CC2S(=O)(=O)C1(C)C)C(=O)NCc1ccc(C)cc1. The summed E-state index contributed by atoms with van der Waals surface area (Å²) in [5, 5.41) is 4.65. The van der Waals surface area contributed by atoms with Crippen LogP contribution in [0.1, 0.15) is 51.7 Å². The fourth-order valence-corrected chi connectivity index (χ4v) is 6.33. The molecule has 2 N–H and O–H groups in total. The lowest BCUT2D eigenvalue weighted by Crippen LogP contribution is -2.62. The van der Waals surface area contributed by atoms with Crippen molar-refractivity contribution >= 4 is 27.6 Å². The number of hydrogen-bond donors (Lipinski definition) is 2. The van der Waals surface area contributed by atoms with Gasteiger partial charge in [0.2, 0.25) is 17.7 Å². The number of sulfone groups is 1. The van der Waals surface area contributed by atoms with E-state index in [9.17, 15) is 22.8 Å². The molecule has 0 saturated carbocycles. The van der Waals surface area contributed by atoms with Crippen LogP contribution >= 0.6 is 0 Å². The molecule has 9 heteroatoms. The van der Waals surface area contributed by atoms with Crippen LogP contribution in [0.5, 0.6) is 0 Å². The van der Waals surface area contributed by atoms with Crippen molar-refractivity contribution in [1.29, 1.82) is 0 Å². The second kappa shape index (κ2) is 8.26. The van der Waals surface area contributed by atoms with Crippen molar-refractivity contribution in [3.8, 4) is 0 Å². The summed E-state index contributed by atoms with van der Waals surface area (Å²) in [6.07, 6.45) is 0.544. The number of aryl methyl sites for hydroxylation is 1. The van der Waals surface area contributed by atoms with E-state index >= 15 is 0 Å². The summed E-state index contributed by atoms with van der Waals surface area (Å²) >= 11 is 0. The Morgan fingerprint density at radius 3 is 2.39 bits per heavy atom. The third-order valence-corrected chi connectivity index (χ3v) is 9.40. The number of fused-ring (bicyclic) bond motifs is 1. The Balaban J connectivity index is 1.76. The van der Waals surface area contributed by atoms with Crippen molar-refractivity contribution in [1.82, 2.24) is 15.5 Å². The van der Waals surface area contributed by atoms with E-state index in [1.54, 1.807) is 0 Å². The molecule has 3 amide bonds. The molecule has 3 rings (SSSR count). The molecule has 2 aliphatic heterocycles. The van der Waals surface area contributed by atoms with Crippen molar-refractivity contribution in [2.75, 3.05) is 0 Å². The zero-order chi connectivity index (χ0) is 23.1. The van der Waals surface area contributed by atoms with Crippen LogP contribution in [0.25, 0.3) is 0 Å². The van der Waals surface area contributed by atoms with Crippen molar-refractivity contribution in [2.45, 2.75) is 76.2 Å². The van der Waals surface area contributed by atoms with Crippen molar-refractivity contribution in [2.24, 2.45) is 5.92 Å². The van der Waals surface area contributed by atoms with Gasteiger partial charge >= 0.3 is 0 Å². The molecule has 2 saturated heterocycles. The van der Waals surface area contributed by atoms with E-state index in [1.807, 2.05) is 45.0 Å². The number of rotatable bonds is 7. The fraction of sp³-hybridized carbons (Fsp3) is 0.591. The fourth-order valence-electron chi connectivity index (χ4n) is 4.19. The second-order valence-corrected chi connectivity index (χ2v) is 11.8. The van der Waals surface area contributed by atoms with Crippen LogP contribution in [0.4, 0.5) is 0 Å². The van der Waals surface area contributed by atoms with E-state index in [0.717, 1.165) is 16.0 Å². The molecule has 2 heterocycles. The molecule has 0 radical (unpaired) electrons. The number of amides is 3. The van der Waals surface area contributed by atoms with Gasteiger partial charge in [-0.05, 0) is 32.3 Å². The molecular formula is C22H31N3O5S. The standard InChI is InChI=1S/C22H31N3O5S/c1-6-14(3)18(20(27)23-12-15-9-7-13(2)8-10-15)24-21(28)19-22(4,5)31(29,30)17-11-16(26)25(17)19/h7-10,14,17-19H,6,11-12H2,1-5H3,(H,23,27)(H,24,28). The van der Waals surface area contributed by atoms with Gasteiger partial charge in [-0.2, -0.15) is 0 Å². The van der Waals surface area contributed by atoms with Crippen LogP contribution in [-0.2, 0) is 30.8 Å². The van der Waals surface area contributed by atoms with Crippen molar-refractivity contribution < 1.29 is 22.8 Å². The van der Waals surface area contributed by atoms with Crippen molar-refractivity contribution in [3.05, 3.63) is 35.4 Å². The van der Waals surface area contributed by atoms with Crippen LogP contribution < -0.4 is 10.6 Å². The van der Waals surface area contributed by atoms with E-state index in [4.69, 9.17) is 0 Å². The zero-order valence-corrected chi connectivity index (χ0v) is 19.5. The van der Waals surface area contributed by atoms with Crippen LogP contribution in [0.2, 0.25) is 0 Å². The van der Waals surface area contributed by atoms with Gasteiger partial charge in [0.15, 0.2) is 9.84 Å². The molecule has 0 spiro atoms. The summed E-state index contributed by atoms with van der Waals surface area (Å²) in [6, 6.07) is 5.77. The quantitative estimate of drug-likeness (QED) is 0.609. The van der Waals surface area contributed by atoms with Gasteiger partial charge in [0.1, 0.15) is 17.5 Å². The van der Waals surface area contributed by atoms with Crippen LogP contribution in [0.3, 0.4) is 0 Å². The van der Waals surface area contributed by atoms with Crippen LogP contribution in [-0.4, -0.2) is 53.2 Å². The van der Waals surface area contributed by atoms with Gasteiger partial charge in [0.25, 0.3) is 0 Å². The van der Waals surface area contributed by atoms with E-state index < -0.39 is 37.9 Å². The average molecular weight is 450 g/mol. The first-order chi connectivity index (χ1) is 14.4. The van der Waals surface area contributed by atoms with Gasteiger partial charge in [-0.1, -0.05) is 50.1 Å². The van der Waals surface area contributed by atoms with Gasteiger partial charge in [0.05, 0.1) is 11.2 Å². The lowest BCUT2D eigenvalue weighted by atomic mass is 9.94. The minimum atomic E-state index is -3.68. The Kier molecular flexibility index (Phi) is 6.19. The Hall–Kier alpha value is -2.42. The number of carbonyl (C=O) groups is 3. The first-order valence-corrected chi connectivity index (χ1v) is 12.1. The molecular weight excluding hydrogens is 418 g/mol. The average Bonchev–Trinajstić information content (AvgIpc) is 2.84. The molecule has 0 bridgehead atoms. The smallest absolute Gasteiger partial charge is 0.245 e. The van der Waals surface area contributed by atoms with Gasteiger partial charge in [-0.25, -0.2) is 8.42 Å². The summed E-state index contributed by atoms with van der Waals surface area (Å²) in [5.41, 5.74) is 2.05. The molecule has 1 aromatic carbocycles. The maximum atomic E-state index is 13.2. The molecule has 0 aliphatic carbocycles. The van der Waals surface area contributed by atoms with E-state index in [-0.39, 0.29) is 24.2 Å². The first-order valence-electron chi connectivity index (χ1n) is 10.6. The predicted octanol–water partition coefficient (Wildman–Crippen LogP) is 1.28. The molecule has 0 aromatic heterocycles. The maximum absolute atomic E-state index is 13.2. The number of benzene rings is 1. The summed E-state index contributed by atoms with van der Waals surface area (Å²) in [4.78, 5) is 39.4. The Labute approximate surface area is 183 Å². The summed E-state index contributed by atoms with van der Waals surface area (Å²) < 4.78 is 24.1. The number of β-lactam (4-membered cyclic amide) rings is 1. The van der Waals surface area contributed by atoms with Crippen LogP contribution in [0, 0.1) is 12.8 Å². The largest absolute Gasteiger partial charge is 0.350 e. The number of carbonyl (C=O) groups excluding carboxylic acids is 3.